The Morgan fingerprint density at radius 3 is 2.13 bits per heavy atom. The third-order valence-corrected chi connectivity index (χ3v) is 9.77. The number of ether oxygens (including phenoxy) is 1. The summed E-state index contributed by atoms with van der Waals surface area (Å²) in [6, 6.07) is 13.7. The summed E-state index contributed by atoms with van der Waals surface area (Å²) in [6.45, 7) is 9.18. The topological polar surface area (TPSA) is 147 Å². The van der Waals surface area contributed by atoms with E-state index in [0.717, 1.165) is 47.9 Å². The van der Waals surface area contributed by atoms with Crippen LogP contribution in [0.25, 0.3) is 11.1 Å². The summed E-state index contributed by atoms with van der Waals surface area (Å²) < 4.78 is 5.61. The summed E-state index contributed by atoms with van der Waals surface area (Å²) in [5.74, 6) is -2.68. The summed E-state index contributed by atoms with van der Waals surface area (Å²) in [6.07, 6.45) is 3.78. The lowest BCUT2D eigenvalue weighted by molar-refractivity contribution is -0.146. The summed E-state index contributed by atoms with van der Waals surface area (Å²) in [4.78, 5) is 60.7. The van der Waals surface area contributed by atoms with Crippen LogP contribution in [0.5, 0.6) is 0 Å². The highest BCUT2D eigenvalue weighted by molar-refractivity contribution is 6.24. The summed E-state index contributed by atoms with van der Waals surface area (Å²) >= 11 is 0. The molecule has 0 radical (unpaired) electrons. The van der Waals surface area contributed by atoms with Gasteiger partial charge in [-0.15, -0.1) is 6.58 Å². The van der Waals surface area contributed by atoms with Gasteiger partial charge in [0, 0.05) is 23.5 Å². The van der Waals surface area contributed by atoms with E-state index in [1.54, 1.807) is 0 Å². The lowest BCUT2D eigenvalue weighted by atomic mass is 9.85. The van der Waals surface area contributed by atoms with Crippen molar-refractivity contribution in [3.63, 3.8) is 0 Å². The zero-order valence-corrected chi connectivity index (χ0v) is 27.0. The van der Waals surface area contributed by atoms with Crippen LogP contribution in [0.15, 0.2) is 66.3 Å². The Kier molecular flexibility index (Phi) is 8.59. The van der Waals surface area contributed by atoms with Gasteiger partial charge in [0.15, 0.2) is 0 Å². The van der Waals surface area contributed by atoms with Crippen molar-refractivity contribution >= 4 is 29.6 Å². The molecular formula is C36H42N4O7. The largest absolute Gasteiger partial charge is 0.479 e. The van der Waals surface area contributed by atoms with E-state index in [0.29, 0.717) is 5.71 Å². The highest BCUT2D eigenvalue weighted by atomic mass is 16.6. The number of hydrogen-bond acceptors (Lipinski definition) is 7. The van der Waals surface area contributed by atoms with Gasteiger partial charge in [0.05, 0.1) is 6.54 Å². The molecule has 5 atom stereocenters. The number of fused-ring (bicyclic) bond motifs is 3. The summed E-state index contributed by atoms with van der Waals surface area (Å²) in [5.41, 5.74) is 2.35. The zero-order valence-electron chi connectivity index (χ0n) is 27.0. The number of likely N-dealkylation sites (tertiary alicyclic amines) is 1. The second-order valence-electron chi connectivity index (χ2n) is 14.1. The minimum absolute atomic E-state index is 0.00782. The molecule has 1 heterocycles. The van der Waals surface area contributed by atoms with Gasteiger partial charge >= 0.3 is 12.1 Å². The average molecular weight is 643 g/mol. The number of aliphatic carboxylic acids is 1. The minimum atomic E-state index is -1.48. The maximum Gasteiger partial charge on any atom is 0.408 e. The van der Waals surface area contributed by atoms with Crippen molar-refractivity contribution in [3.8, 4) is 11.1 Å². The van der Waals surface area contributed by atoms with Gasteiger partial charge in [-0.3, -0.25) is 9.59 Å². The lowest BCUT2D eigenvalue weighted by Crippen LogP contribution is -2.59. The van der Waals surface area contributed by atoms with Gasteiger partial charge < -0.3 is 30.2 Å². The molecular weight excluding hydrogens is 600 g/mol. The normalized spacial score (nSPS) is 25.3. The number of carboxylic acids is 1. The Hall–Kier alpha value is -4.67. The van der Waals surface area contributed by atoms with Crippen molar-refractivity contribution in [3.05, 3.63) is 72.3 Å². The molecule has 4 aliphatic rings. The standard InChI is InChI=1S/C36H42N4O7/c1-5-21-19-36(21,33(43)44)38-31(41)28-18-23(47-39-29-26-16-10-8-14-24(26)25-15-9-11-17-27(25)29)20-40(28)32(42)30(35(2,3)4)37-34(45)46-22-12-6-7-13-22/h5,8-11,14-17,21-23,28,30H,1,6-7,12-13,18-20H2,2-4H3,(H,37,45)(H,38,41)(H,43,44)/t21-,23-,28+,30-,36?/m1/s1. The maximum absolute atomic E-state index is 14.3. The third-order valence-electron chi connectivity index (χ3n) is 9.77. The number of carboxylic acid groups (broad SMARTS) is 1. The predicted molar refractivity (Wildman–Crippen MR) is 174 cm³/mol. The van der Waals surface area contributed by atoms with E-state index in [4.69, 9.17) is 9.57 Å². The number of benzene rings is 2. The first-order chi connectivity index (χ1) is 22.4. The average Bonchev–Trinajstić information content (AvgIpc) is 3.37. The Morgan fingerprint density at radius 2 is 1.60 bits per heavy atom. The number of alkyl carbamates (subject to hydrolysis) is 1. The quantitative estimate of drug-likeness (QED) is 0.228. The Balaban J connectivity index is 1.26. The Morgan fingerprint density at radius 1 is 1.00 bits per heavy atom. The molecule has 6 rings (SSSR count). The fourth-order valence-electron chi connectivity index (χ4n) is 7.03. The van der Waals surface area contributed by atoms with E-state index in [1.807, 2.05) is 69.3 Å². The first-order valence-corrected chi connectivity index (χ1v) is 16.3. The van der Waals surface area contributed by atoms with Crippen LogP contribution in [-0.2, 0) is 24.0 Å². The molecule has 1 saturated heterocycles. The van der Waals surface area contributed by atoms with Crippen LogP contribution >= 0.6 is 0 Å². The van der Waals surface area contributed by atoms with Crippen molar-refractivity contribution in [2.24, 2.45) is 16.5 Å². The predicted octanol–water partition coefficient (Wildman–Crippen LogP) is 4.63. The molecule has 248 valence electrons. The SMILES string of the molecule is C=C[C@@H]1CC1(NC(=O)[C@@H]1C[C@@H](ON=C2c3ccccc3-c3ccccc32)CN1C(=O)[C@@H](NC(=O)OC1CCCC1)C(C)(C)C)C(=O)O. The minimum Gasteiger partial charge on any atom is -0.479 e. The molecule has 0 bridgehead atoms. The van der Waals surface area contributed by atoms with Crippen LogP contribution in [0, 0.1) is 11.3 Å². The molecule has 3 amide bonds. The smallest absolute Gasteiger partial charge is 0.408 e. The molecule has 3 aliphatic carbocycles. The van der Waals surface area contributed by atoms with Crippen LogP contribution in [-0.4, -0.2) is 76.0 Å². The number of amides is 3. The van der Waals surface area contributed by atoms with Gasteiger partial charge in [-0.1, -0.05) is 80.5 Å². The highest BCUT2D eigenvalue weighted by Crippen LogP contribution is 2.45. The van der Waals surface area contributed by atoms with E-state index in [-0.39, 0.29) is 25.5 Å². The van der Waals surface area contributed by atoms with Crippen LogP contribution in [0.3, 0.4) is 0 Å². The summed E-state index contributed by atoms with van der Waals surface area (Å²) in [5, 5.41) is 20.0. The molecule has 2 aromatic carbocycles. The van der Waals surface area contributed by atoms with Gasteiger partial charge in [0.25, 0.3) is 0 Å². The van der Waals surface area contributed by atoms with Gasteiger partial charge in [0.2, 0.25) is 11.8 Å². The Labute approximate surface area is 274 Å². The van der Waals surface area contributed by atoms with E-state index >= 15 is 0 Å². The molecule has 11 heteroatoms. The molecule has 47 heavy (non-hydrogen) atoms. The fourth-order valence-corrected chi connectivity index (χ4v) is 7.03. The maximum atomic E-state index is 14.3. The van der Waals surface area contributed by atoms with Crippen LogP contribution in [0.2, 0.25) is 0 Å². The van der Waals surface area contributed by atoms with Crippen molar-refractivity contribution in [1.29, 1.82) is 0 Å². The number of oxime groups is 1. The fraction of sp³-hybridized carbons (Fsp3) is 0.472. The van der Waals surface area contributed by atoms with Gasteiger partial charge in [-0.2, -0.15) is 0 Å². The first kappa shape index (κ1) is 32.3. The number of hydrogen-bond donors (Lipinski definition) is 3. The molecule has 1 aliphatic heterocycles. The van der Waals surface area contributed by atoms with Gasteiger partial charge in [-0.25, -0.2) is 9.59 Å². The molecule has 3 fully saturated rings. The van der Waals surface area contributed by atoms with Crippen molar-refractivity contribution in [2.45, 2.75) is 89.1 Å². The number of carbonyl (C=O) groups is 4. The number of nitrogens with zero attached hydrogens (tertiary/aromatic N) is 2. The molecule has 1 unspecified atom stereocenters. The second kappa shape index (κ2) is 12.5. The molecule has 2 saturated carbocycles. The monoisotopic (exact) mass is 642 g/mol. The van der Waals surface area contributed by atoms with Gasteiger partial charge in [-0.05, 0) is 48.6 Å². The Bertz CT molecular complexity index is 1580. The molecule has 0 aromatic heterocycles. The van der Waals surface area contributed by atoms with Crippen molar-refractivity contribution < 1.29 is 33.9 Å². The zero-order chi connectivity index (χ0) is 33.5. The van der Waals surface area contributed by atoms with Crippen LogP contribution < -0.4 is 10.6 Å². The molecule has 11 nitrogen and oxygen atoms in total. The van der Waals surface area contributed by atoms with E-state index in [1.165, 1.54) is 11.0 Å². The third kappa shape index (κ3) is 6.23. The number of rotatable bonds is 9. The molecule has 2 aromatic rings. The van der Waals surface area contributed by atoms with Crippen LogP contribution in [0.1, 0.15) is 70.4 Å². The lowest BCUT2D eigenvalue weighted by Gasteiger charge is -2.35. The molecule has 3 N–H and O–H groups in total. The number of nitrogens with one attached hydrogen (secondary N) is 2. The summed E-state index contributed by atoms with van der Waals surface area (Å²) in [7, 11) is 0. The van der Waals surface area contributed by atoms with E-state index < -0.39 is 58.9 Å². The molecule has 0 spiro atoms. The van der Waals surface area contributed by atoms with Crippen molar-refractivity contribution in [1.82, 2.24) is 15.5 Å². The number of carbonyl (C=O) groups excluding carboxylic acids is 3. The first-order valence-electron chi connectivity index (χ1n) is 16.3. The van der Waals surface area contributed by atoms with Gasteiger partial charge in [0.1, 0.15) is 35.5 Å². The van der Waals surface area contributed by atoms with Crippen LogP contribution in [0.4, 0.5) is 4.79 Å². The van der Waals surface area contributed by atoms with E-state index in [9.17, 15) is 24.3 Å². The van der Waals surface area contributed by atoms with E-state index in [2.05, 4.69) is 22.4 Å². The second-order valence-corrected chi connectivity index (χ2v) is 14.1. The highest BCUT2D eigenvalue weighted by Gasteiger charge is 2.61. The van der Waals surface area contributed by atoms with Crippen molar-refractivity contribution in [2.75, 3.05) is 6.54 Å².